The predicted molar refractivity (Wildman–Crippen MR) is 196 cm³/mol. The Balaban J connectivity index is 1.38. The Bertz CT molecular complexity index is 2090. The molecule has 0 amide bonds. The van der Waals surface area contributed by atoms with E-state index in [1.165, 1.54) is 22.9 Å². The van der Waals surface area contributed by atoms with Gasteiger partial charge in [-0.1, -0.05) is 66.2 Å². The van der Waals surface area contributed by atoms with Crippen LogP contribution in [0, 0.1) is 6.92 Å². The first kappa shape index (κ1) is 37.4. The van der Waals surface area contributed by atoms with Crippen LogP contribution >= 0.6 is 11.6 Å². The van der Waals surface area contributed by atoms with E-state index in [0.717, 1.165) is 16.7 Å². The van der Waals surface area contributed by atoms with Gasteiger partial charge in [0.1, 0.15) is 41.3 Å². The number of aliphatic hydroxyl groups is 1. The molecule has 1 unspecified atom stereocenters. The van der Waals surface area contributed by atoms with Crippen molar-refractivity contribution in [3.8, 4) is 17.2 Å². The van der Waals surface area contributed by atoms with Crippen molar-refractivity contribution in [1.29, 1.82) is 0 Å². The summed E-state index contributed by atoms with van der Waals surface area (Å²) in [6, 6.07) is 30.9. The molecule has 1 saturated heterocycles. The van der Waals surface area contributed by atoms with E-state index in [-0.39, 0.29) is 25.4 Å². The zero-order valence-electron chi connectivity index (χ0n) is 29.1. The van der Waals surface area contributed by atoms with Gasteiger partial charge in [-0.2, -0.15) is 0 Å². The second-order valence-electron chi connectivity index (χ2n) is 12.3. The van der Waals surface area contributed by atoms with Crippen LogP contribution in [-0.2, 0) is 19.8 Å². The molecule has 1 fully saturated rings. The molecule has 1 aromatic heterocycles. The van der Waals surface area contributed by atoms with Crippen LogP contribution in [0.15, 0.2) is 119 Å². The summed E-state index contributed by atoms with van der Waals surface area (Å²) >= 11 is 5.99. The van der Waals surface area contributed by atoms with E-state index >= 15 is 0 Å². The second-order valence-corrected chi connectivity index (χ2v) is 12.8. The number of aromatic nitrogens is 2. The second kappa shape index (κ2) is 17.0. The number of halogens is 1. The van der Waals surface area contributed by atoms with Crippen LogP contribution in [0.5, 0.6) is 17.2 Å². The molecular formula is C40H39ClN2O10. The number of hydrogen-bond donors (Lipinski definition) is 2. The molecule has 276 valence electrons. The summed E-state index contributed by atoms with van der Waals surface area (Å²) in [5.41, 5.74) is 0.191. The predicted octanol–water partition coefficient (Wildman–Crippen LogP) is 6.15. The van der Waals surface area contributed by atoms with Crippen LogP contribution in [0.2, 0.25) is 5.02 Å². The normalized spacial score (nSPS) is 17.8. The monoisotopic (exact) mass is 742 g/mol. The Labute approximate surface area is 310 Å². The summed E-state index contributed by atoms with van der Waals surface area (Å²) in [6.45, 7) is 1.83. The number of aryl methyl sites for hydroxylation is 1. The van der Waals surface area contributed by atoms with E-state index in [4.69, 9.17) is 40.0 Å². The van der Waals surface area contributed by atoms with Gasteiger partial charge in [0.2, 0.25) is 0 Å². The number of carbonyl (C=O) groups is 1. The van der Waals surface area contributed by atoms with Crippen molar-refractivity contribution in [2.24, 2.45) is 0 Å². The Morgan fingerprint density at radius 2 is 1.53 bits per heavy atom. The average molecular weight is 743 g/mol. The van der Waals surface area contributed by atoms with Crippen LogP contribution in [0.3, 0.4) is 0 Å². The molecule has 0 bridgehead atoms. The topological polar surface area (TPSA) is 148 Å². The minimum absolute atomic E-state index is 0.0185. The van der Waals surface area contributed by atoms with Crippen LogP contribution in [0.4, 0.5) is 4.79 Å². The molecular weight excluding hydrogens is 704 g/mol. The lowest BCUT2D eigenvalue weighted by Crippen LogP contribution is -2.39. The summed E-state index contributed by atoms with van der Waals surface area (Å²) < 4.78 is 37.3. The molecule has 0 aliphatic carbocycles. The van der Waals surface area contributed by atoms with Crippen molar-refractivity contribution >= 4 is 17.8 Å². The molecule has 13 heteroatoms. The number of H-pyrrole nitrogens is 1. The van der Waals surface area contributed by atoms with Crippen molar-refractivity contribution in [3.05, 3.63) is 157 Å². The van der Waals surface area contributed by atoms with Gasteiger partial charge in [-0.3, -0.25) is 14.3 Å². The molecule has 5 aromatic rings. The maximum absolute atomic E-state index is 13.1. The Kier molecular flexibility index (Phi) is 12.0. The Morgan fingerprint density at radius 1 is 0.906 bits per heavy atom. The fraction of sp³-hybridized carbons (Fsp3) is 0.275. The number of methoxy groups -OCH3 is 1. The minimum atomic E-state index is -1.24. The van der Waals surface area contributed by atoms with Gasteiger partial charge in [0.05, 0.1) is 20.3 Å². The minimum Gasteiger partial charge on any atom is -0.497 e. The molecule has 1 aliphatic rings. The first-order valence-electron chi connectivity index (χ1n) is 17.0. The summed E-state index contributed by atoms with van der Waals surface area (Å²) in [7, 11) is 1.59. The van der Waals surface area contributed by atoms with E-state index < -0.39 is 41.4 Å². The third-order valence-corrected chi connectivity index (χ3v) is 9.12. The van der Waals surface area contributed by atoms with Crippen LogP contribution in [0.25, 0.3) is 0 Å². The summed E-state index contributed by atoms with van der Waals surface area (Å²) in [6.07, 6.45) is -1.79. The van der Waals surface area contributed by atoms with E-state index in [2.05, 4.69) is 4.98 Å². The smallest absolute Gasteiger partial charge is 0.497 e. The molecule has 12 nitrogen and oxygen atoms in total. The third-order valence-electron chi connectivity index (χ3n) is 8.87. The third kappa shape index (κ3) is 8.64. The average Bonchev–Trinajstić information content (AvgIpc) is 3.57. The van der Waals surface area contributed by atoms with Crippen LogP contribution in [0.1, 0.15) is 41.3 Å². The highest BCUT2D eigenvalue weighted by molar-refractivity contribution is 6.30. The lowest BCUT2D eigenvalue weighted by atomic mass is 9.80. The Morgan fingerprint density at radius 3 is 2.17 bits per heavy atom. The maximum atomic E-state index is 13.1. The number of nitrogens with one attached hydrogen (secondary N) is 1. The molecule has 0 saturated carbocycles. The van der Waals surface area contributed by atoms with Gasteiger partial charge in [0.25, 0.3) is 5.56 Å². The lowest BCUT2D eigenvalue weighted by molar-refractivity contribution is -0.0975. The summed E-state index contributed by atoms with van der Waals surface area (Å²) in [5.74, 6) is 1.50. The molecule has 4 aromatic carbocycles. The number of aliphatic hydroxyl groups excluding tert-OH is 1. The molecule has 0 radical (unpaired) electrons. The Hall–Kier alpha value is -5.40. The van der Waals surface area contributed by atoms with Crippen LogP contribution < -0.4 is 25.5 Å². The summed E-state index contributed by atoms with van der Waals surface area (Å²) in [4.78, 5) is 40.5. The standard InChI is InChI=1S/C40H39ClN2O10/c1-26-24-43(38(46)42-37(26)45)36-23-34(53-39(47)51-33-19-13-30(41)14-20-33)35(52-36)25-50-40(27-7-4-3-5-8-27,28-9-15-31(48-2)16-10-28)29-11-17-32(18-12-29)49-22-6-21-44/h3-5,7-20,24,34-36,44H,6,21-23,25H2,1-2H3,(H,42,45,46)/t34-,35-,36-,40?/m1/s1. The highest BCUT2D eigenvalue weighted by atomic mass is 35.5. The first-order chi connectivity index (χ1) is 25.7. The lowest BCUT2D eigenvalue weighted by Gasteiger charge is -2.37. The SMILES string of the molecule is COc1ccc(C(OC[C@H]2O[C@@H](n3cc(C)c(=O)[nH]c3=O)C[C@H]2OC(=O)Oc2ccc(Cl)cc2)(c2ccccc2)c2ccc(OCCCO)cc2)cc1. The van der Waals surface area contributed by atoms with Crippen molar-refractivity contribution in [1.82, 2.24) is 9.55 Å². The van der Waals surface area contributed by atoms with Gasteiger partial charge in [-0.15, -0.1) is 0 Å². The molecule has 4 atom stereocenters. The highest BCUT2D eigenvalue weighted by Crippen LogP contribution is 2.43. The number of aromatic amines is 1. The first-order valence-corrected chi connectivity index (χ1v) is 17.4. The number of nitrogens with zero attached hydrogens (tertiary/aromatic N) is 1. The largest absolute Gasteiger partial charge is 0.514 e. The van der Waals surface area contributed by atoms with Gasteiger partial charge < -0.3 is 33.5 Å². The van der Waals surface area contributed by atoms with Gasteiger partial charge in [-0.25, -0.2) is 9.59 Å². The number of carbonyl (C=O) groups excluding carboxylic acids is 1. The quantitative estimate of drug-likeness (QED) is 0.0588. The zero-order chi connectivity index (χ0) is 37.4. The van der Waals surface area contributed by atoms with Crippen molar-refractivity contribution in [3.63, 3.8) is 0 Å². The molecule has 1 aliphatic heterocycles. The number of benzene rings is 4. The van der Waals surface area contributed by atoms with E-state index in [1.54, 1.807) is 26.2 Å². The van der Waals surface area contributed by atoms with Gasteiger partial charge in [0, 0.05) is 36.2 Å². The molecule has 2 N–H and O–H groups in total. The fourth-order valence-corrected chi connectivity index (χ4v) is 6.31. The summed E-state index contributed by atoms with van der Waals surface area (Å²) in [5, 5.41) is 9.68. The molecule has 53 heavy (non-hydrogen) atoms. The van der Waals surface area contributed by atoms with E-state index in [9.17, 15) is 19.5 Å². The highest BCUT2D eigenvalue weighted by Gasteiger charge is 2.44. The fourth-order valence-electron chi connectivity index (χ4n) is 6.19. The maximum Gasteiger partial charge on any atom is 0.514 e. The van der Waals surface area contributed by atoms with Crippen molar-refractivity contribution in [2.45, 2.75) is 43.8 Å². The number of ether oxygens (including phenoxy) is 6. The number of hydrogen-bond acceptors (Lipinski definition) is 10. The van der Waals surface area contributed by atoms with E-state index in [1.807, 2.05) is 78.9 Å². The molecule has 2 heterocycles. The van der Waals surface area contributed by atoms with Gasteiger partial charge in [0.15, 0.2) is 0 Å². The van der Waals surface area contributed by atoms with Gasteiger partial charge >= 0.3 is 11.8 Å². The van der Waals surface area contributed by atoms with Crippen molar-refractivity contribution in [2.75, 3.05) is 26.9 Å². The van der Waals surface area contributed by atoms with Gasteiger partial charge in [-0.05, 0) is 72.1 Å². The van der Waals surface area contributed by atoms with Crippen molar-refractivity contribution < 1.29 is 38.3 Å². The molecule has 6 rings (SSSR count). The zero-order valence-corrected chi connectivity index (χ0v) is 29.9. The van der Waals surface area contributed by atoms with Crippen LogP contribution in [-0.4, -0.2) is 60.0 Å². The van der Waals surface area contributed by atoms with E-state index in [0.29, 0.717) is 35.1 Å². The molecule has 0 spiro atoms. The number of rotatable bonds is 14.